The molecular formula is C15H17ClFNO3. The Kier molecular flexibility index (Phi) is 4.83. The van der Waals surface area contributed by atoms with E-state index in [4.69, 9.17) is 11.6 Å². The summed E-state index contributed by atoms with van der Waals surface area (Å²) < 4.78 is 13.2. The van der Waals surface area contributed by atoms with Crippen molar-refractivity contribution in [3.63, 3.8) is 0 Å². The Hall–Kier alpha value is -1.62. The van der Waals surface area contributed by atoms with E-state index < -0.39 is 23.7 Å². The van der Waals surface area contributed by atoms with Crippen molar-refractivity contribution in [3.8, 4) is 0 Å². The lowest BCUT2D eigenvalue weighted by atomic mass is 9.84. The van der Waals surface area contributed by atoms with Gasteiger partial charge in [0, 0.05) is 18.0 Å². The van der Waals surface area contributed by atoms with Crippen LogP contribution in [-0.4, -0.2) is 28.4 Å². The standard InChI is InChI=1S/C15H17ClFNO3/c1-2-7-18-13(19)6-5-11(15(20)21)14(18)10-4-3-9(17)8-12(10)16/h3-4,8,11,14H,2,5-7H2,1H3,(H,20,21). The predicted molar refractivity (Wildman–Crippen MR) is 76.5 cm³/mol. The molecule has 2 rings (SSSR count). The molecule has 2 atom stereocenters. The smallest absolute Gasteiger partial charge is 0.308 e. The summed E-state index contributed by atoms with van der Waals surface area (Å²) in [5.41, 5.74) is 0.493. The maximum absolute atomic E-state index is 13.2. The largest absolute Gasteiger partial charge is 0.481 e. The van der Waals surface area contributed by atoms with Crippen LogP contribution < -0.4 is 0 Å². The van der Waals surface area contributed by atoms with Gasteiger partial charge in [0.2, 0.25) is 5.91 Å². The fourth-order valence-electron chi connectivity index (χ4n) is 2.84. The second-order valence-electron chi connectivity index (χ2n) is 5.18. The number of carboxylic acids is 1. The number of nitrogens with zero attached hydrogens (tertiary/aromatic N) is 1. The van der Waals surface area contributed by atoms with Crippen molar-refractivity contribution in [2.24, 2.45) is 5.92 Å². The van der Waals surface area contributed by atoms with Crippen LogP contribution in [0.1, 0.15) is 37.8 Å². The Bertz CT molecular complexity index is 564. The maximum Gasteiger partial charge on any atom is 0.308 e. The number of carboxylic acid groups (broad SMARTS) is 1. The molecule has 0 spiro atoms. The van der Waals surface area contributed by atoms with Gasteiger partial charge in [-0.3, -0.25) is 9.59 Å². The van der Waals surface area contributed by atoms with Gasteiger partial charge in [-0.25, -0.2) is 4.39 Å². The number of carbonyl (C=O) groups excluding carboxylic acids is 1. The highest BCUT2D eigenvalue weighted by atomic mass is 35.5. The molecule has 1 aliphatic heterocycles. The van der Waals surface area contributed by atoms with Crippen molar-refractivity contribution in [1.29, 1.82) is 0 Å². The van der Waals surface area contributed by atoms with E-state index >= 15 is 0 Å². The molecule has 1 heterocycles. The minimum Gasteiger partial charge on any atom is -0.481 e. The van der Waals surface area contributed by atoms with Crippen LogP contribution in [0.25, 0.3) is 0 Å². The van der Waals surface area contributed by atoms with E-state index in [1.165, 1.54) is 12.1 Å². The molecule has 1 fully saturated rings. The monoisotopic (exact) mass is 313 g/mol. The number of carbonyl (C=O) groups is 2. The molecule has 2 unspecified atom stereocenters. The first-order valence-corrected chi connectivity index (χ1v) is 7.30. The number of rotatable bonds is 4. The molecule has 21 heavy (non-hydrogen) atoms. The molecule has 114 valence electrons. The average Bonchev–Trinajstić information content (AvgIpc) is 2.41. The number of hydrogen-bond acceptors (Lipinski definition) is 2. The number of likely N-dealkylation sites (tertiary alicyclic amines) is 1. The van der Waals surface area contributed by atoms with E-state index in [2.05, 4.69) is 0 Å². The summed E-state index contributed by atoms with van der Waals surface area (Å²) in [6.07, 6.45) is 1.20. The van der Waals surface area contributed by atoms with Crippen LogP contribution in [0, 0.1) is 11.7 Å². The summed E-state index contributed by atoms with van der Waals surface area (Å²) >= 11 is 6.08. The topological polar surface area (TPSA) is 57.6 Å². The number of benzene rings is 1. The third kappa shape index (κ3) is 3.18. The predicted octanol–water partition coefficient (Wildman–Crippen LogP) is 3.25. The first kappa shape index (κ1) is 15.8. The van der Waals surface area contributed by atoms with Gasteiger partial charge in [0.25, 0.3) is 0 Å². The fourth-order valence-corrected chi connectivity index (χ4v) is 3.12. The molecule has 0 aliphatic carbocycles. The zero-order valence-electron chi connectivity index (χ0n) is 11.7. The highest BCUT2D eigenvalue weighted by molar-refractivity contribution is 6.31. The lowest BCUT2D eigenvalue weighted by molar-refractivity contribution is -0.152. The maximum atomic E-state index is 13.2. The van der Waals surface area contributed by atoms with Gasteiger partial charge in [0.15, 0.2) is 0 Å². The summed E-state index contributed by atoms with van der Waals surface area (Å²) in [6, 6.07) is 3.22. The van der Waals surface area contributed by atoms with Gasteiger partial charge in [0.1, 0.15) is 5.82 Å². The van der Waals surface area contributed by atoms with Crippen molar-refractivity contribution in [1.82, 2.24) is 4.90 Å². The molecule has 1 aliphatic rings. The highest BCUT2D eigenvalue weighted by Gasteiger charge is 2.41. The SMILES string of the molecule is CCCN1C(=O)CCC(C(=O)O)C1c1ccc(F)cc1Cl. The highest BCUT2D eigenvalue weighted by Crippen LogP contribution is 2.40. The van der Waals surface area contributed by atoms with Crippen LogP contribution in [0.4, 0.5) is 4.39 Å². The lowest BCUT2D eigenvalue weighted by Crippen LogP contribution is -2.45. The van der Waals surface area contributed by atoms with Gasteiger partial charge in [-0.15, -0.1) is 0 Å². The minimum absolute atomic E-state index is 0.0836. The van der Waals surface area contributed by atoms with Gasteiger partial charge in [-0.1, -0.05) is 24.6 Å². The number of piperidine rings is 1. The van der Waals surface area contributed by atoms with Crippen molar-refractivity contribution >= 4 is 23.5 Å². The molecule has 0 aromatic heterocycles. The van der Waals surface area contributed by atoms with E-state index in [-0.39, 0.29) is 23.8 Å². The fraction of sp³-hybridized carbons (Fsp3) is 0.467. The molecule has 1 N–H and O–H groups in total. The summed E-state index contributed by atoms with van der Waals surface area (Å²) in [6.45, 7) is 2.38. The molecule has 6 heteroatoms. The third-order valence-electron chi connectivity index (χ3n) is 3.77. The zero-order valence-corrected chi connectivity index (χ0v) is 12.4. The van der Waals surface area contributed by atoms with Gasteiger partial charge in [0.05, 0.1) is 12.0 Å². The van der Waals surface area contributed by atoms with Crippen LogP contribution in [-0.2, 0) is 9.59 Å². The van der Waals surface area contributed by atoms with E-state index in [1.54, 1.807) is 4.90 Å². The van der Waals surface area contributed by atoms with Crippen molar-refractivity contribution in [2.45, 2.75) is 32.2 Å². The van der Waals surface area contributed by atoms with E-state index in [0.29, 0.717) is 18.5 Å². The van der Waals surface area contributed by atoms with Gasteiger partial charge < -0.3 is 10.0 Å². The van der Waals surface area contributed by atoms with Crippen LogP contribution in [0.3, 0.4) is 0 Å². The molecule has 1 aromatic rings. The number of hydrogen-bond donors (Lipinski definition) is 1. The van der Waals surface area contributed by atoms with Crippen molar-refractivity contribution in [3.05, 3.63) is 34.6 Å². The second kappa shape index (κ2) is 6.43. The minimum atomic E-state index is -0.964. The first-order valence-electron chi connectivity index (χ1n) is 6.93. The summed E-state index contributed by atoms with van der Waals surface area (Å²) in [5, 5.41) is 9.59. The molecule has 0 radical (unpaired) electrons. The third-order valence-corrected chi connectivity index (χ3v) is 4.10. The van der Waals surface area contributed by atoms with Crippen LogP contribution in [0.2, 0.25) is 5.02 Å². The number of aliphatic carboxylic acids is 1. The summed E-state index contributed by atoms with van der Waals surface area (Å²) in [5.74, 6) is -2.26. The molecule has 0 saturated carbocycles. The Balaban J connectivity index is 2.48. The normalized spacial score (nSPS) is 22.4. The van der Waals surface area contributed by atoms with Crippen LogP contribution >= 0.6 is 11.6 Å². The molecule has 4 nitrogen and oxygen atoms in total. The average molecular weight is 314 g/mol. The molecule has 0 bridgehead atoms. The summed E-state index contributed by atoms with van der Waals surface area (Å²) in [7, 11) is 0. The van der Waals surface area contributed by atoms with Gasteiger partial charge in [-0.05, 0) is 30.5 Å². The lowest BCUT2D eigenvalue weighted by Gasteiger charge is -2.40. The van der Waals surface area contributed by atoms with Crippen molar-refractivity contribution in [2.75, 3.05) is 6.54 Å². The van der Waals surface area contributed by atoms with Crippen LogP contribution in [0.15, 0.2) is 18.2 Å². The van der Waals surface area contributed by atoms with E-state index in [0.717, 1.165) is 6.07 Å². The van der Waals surface area contributed by atoms with Crippen LogP contribution in [0.5, 0.6) is 0 Å². The first-order chi connectivity index (χ1) is 9.95. The zero-order chi connectivity index (χ0) is 15.6. The Morgan fingerprint density at radius 3 is 2.81 bits per heavy atom. The van der Waals surface area contributed by atoms with Gasteiger partial charge in [-0.2, -0.15) is 0 Å². The second-order valence-corrected chi connectivity index (χ2v) is 5.59. The Morgan fingerprint density at radius 2 is 2.24 bits per heavy atom. The molecule has 1 aromatic carbocycles. The quantitative estimate of drug-likeness (QED) is 0.928. The number of halogens is 2. The molecule has 1 amide bonds. The van der Waals surface area contributed by atoms with E-state index in [9.17, 15) is 19.1 Å². The van der Waals surface area contributed by atoms with Gasteiger partial charge >= 0.3 is 5.97 Å². The van der Waals surface area contributed by atoms with Crippen molar-refractivity contribution < 1.29 is 19.1 Å². The number of amides is 1. The van der Waals surface area contributed by atoms with E-state index in [1.807, 2.05) is 6.92 Å². The molecule has 1 saturated heterocycles. The summed E-state index contributed by atoms with van der Waals surface area (Å²) in [4.78, 5) is 25.2. The Morgan fingerprint density at radius 1 is 1.52 bits per heavy atom. The molecular weight excluding hydrogens is 297 g/mol. The Labute approximate surface area is 127 Å².